The van der Waals surface area contributed by atoms with Crippen molar-refractivity contribution >= 4 is 23.6 Å². The van der Waals surface area contributed by atoms with Crippen molar-refractivity contribution in [1.29, 1.82) is 0 Å². The van der Waals surface area contributed by atoms with Crippen LogP contribution in [0.15, 0.2) is 0 Å². The molecule has 2 nitrogen and oxygen atoms in total. The minimum Gasteiger partial charge on any atom is -0.460 e. The molecule has 3 heteroatoms. The number of rotatable bonds is 3. The molecule has 1 atom stereocenters. The number of ether oxygens (including phenoxy) is 1. The van der Waals surface area contributed by atoms with Gasteiger partial charge in [0.2, 0.25) is 0 Å². The smallest absolute Gasteiger partial charge is 0.309 e. The highest BCUT2D eigenvalue weighted by molar-refractivity contribution is 7.78. The first kappa shape index (κ1) is 11.6. The van der Waals surface area contributed by atoms with E-state index in [2.05, 4.69) is 12.2 Å². The summed E-state index contributed by atoms with van der Waals surface area (Å²) in [5.41, 5.74) is -0.396. The lowest BCUT2D eigenvalue weighted by Gasteiger charge is -2.21. The van der Waals surface area contributed by atoms with Crippen molar-refractivity contribution in [1.82, 2.24) is 0 Å². The highest BCUT2D eigenvalue weighted by atomic mass is 32.1. The molecule has 0 aliphatic rings. The normalized spacial score (nSPS) is 13.7. The van der Waals surface area contributed by atoms with Gasteiger partial charge in [0.1, 0.15) is 5.60 Å². The Morgan fingerprint density at radius 2 is 2.08 bits per heavy atom. The van der Waals surface area contributed by atoms with Crippen LogP contribution in [0.25, 0.3) is 0 Å². The molecule has 0 aliphatic heterocycles. The molecule has 0 N–H and O–H groups in total. The summed E-state index contributed by atoms with van der Waals surface area (Å²) in [6, 6.07) is 0. The zero-order chi connectivity index (χ0) is 9.78. The van der Waals surface area contributed by atoms with Crippen LogP contribution in [-0.2, 0) is 9.53 Å². The van der Waals surface area contributed by atoms with Gasteiger partial charge in [-0.05, 0) is 32.6 Å². The molecule has 0 radical (unpaired) electrons. The molecule has 0 saturated carbocycles. The lowest BCUT2D eigenvalue weighted by molar-refractivity contribution is -0.159. The molecule has 0 fully saturated rings. The summed E-state index contributed by atoms with van der Waals surface area (Å²) in [7, 11) is 0. The number of hydrogen-bond acceptors (Lipinski definition) is 3. The topological polar surface area (TPSA) is 26.3 Å². The third-order valence-electron chi connectivity index (χ3n) is 1.26. The minimum atomic E-state index is -0.396. The maximum absolute atomic E-state index is 11.3. The number of esters is 1. The predicted molar refractivity (Wildman–Crippen MR) is 53.3 cm³/mol. The zero-order valence-electron chi connectivity index (χ0n) is 8.09. The molecule has 0 aromatic heterocycles. The van der Waals surface area contributed by atoms with E-state index in [4.69, 9.17) is 4.74 Å². The zero-order valence-corrected chi connectivity index (χ0v) is 8.90. The summed E-state index contributed by atoms with van der Waals surface area (Å²) in [5, 5.41) is 1.56. The molecule has 0 spiro atoms. The molecule has 1 unspecified atom stereocenters. The van der Waals surface area contributed by atoms with E-state index in [1.54, 1.807) is 5.37 Å². The second-order valence-electron chi connectivity index (χ2n) is 3.84. The molecule has 12 heavy (non-hydrogen) atoms. The van der Waals surface area contributed by atoms with E-state index in [1.165, 1.54) is 0 Å². The predicted octanol–water partition coefficient (Wildman–Crippen LogP) is 2.35. The van der Waals surface area contributed by atoms with E-state index in [1.807, 2.05) is 27.7 Å². The molecule has 0 saturated heterocycles. The fourth-order valence-corrected chi connectivity index (χ4v) is 0.932. The maximum Gasteiger partial charge on any atom is 0.309 e. The van der Waals surface area contributed by atoms with Gasteiger partial charge in [-0.2, -0.15) is 0 Å². The Kier molecular flexibility index (Phi) is 4.39. The number of carbonyl (C=O) groups excluding carboxylic acids is 1. The second kappa shape index (κ2) is 4.55. The standard InChI is InChI=1S/C9H16O2S/c1-7(5-6-12)8(10)11-9(2,3)4/h6-7H,5H2,1-4H3. The molecule has 70 valence electrons. The average molecular weight is 188 g/mol. The Bertz CT molecular complexity index is 170. The summed E-state index contributed by atoms with van der Waals surface area (Å²) < 4.78 is 5.15. The van der Waals surface area contributed by atoms with Crippen LogP contribution in [0.4, 0.5) is 0 Å². The van der Waals surface area contributed by atoms with Gasteiger partial charge in [0.25, 0.3) is 0 Å². The van der Waals surface area contributed by atoms with Crippen LogP contribution >= 0.6 is 12.2 Å². The molecule has 0 aliphatic carbocycles. The van der Waals surface area contributed by atoms with Gasteiger partial charge in [0, 0.05) is 0 Å². The number of hydrogen-bond donors (Lipinski definition) is 0. The SMILES string of the molecule is CC(CC=S)C(=O)OC(C)(C)C. The van der Waals surface area contributed by atoms with Crippen LogP contribution in [0, 0.1) is 5.92 Å². The van der Waals surface area contributed by atoms with Crippen molar-refractivity contribution in [2.24, 2.45) is 5.92 Å². The average Bonchev–Trinajstić information content (AvgIpc) is 1.84. The summed E-state index contributed by atoms with van der Waals surface area (Å²) in [5.74, 6) is -0.301. The van der Waals surface area contributed by atoms with Crippen molar-refractivity contribution in [2.45, 2.75) is 39.7 Å². The largest absolute Gasteiger partial charge is 0.460 e. The second-order valence-corrected chi connectivity index (χ2v) is 4.17. The molecular formula is C9H16O2S. The van der Waals surface area contributed by atoms with Crippen molar-refractivity contribution < 1.29 is 9.53 Å². The van der Waals surface area contributed by atoms with Gasteiger partial charge in [0.15, 0.2) is 0 Å². The first-order chi connectivity index (χ1) is 5.37. The molecular weight excluding hydrogens is 172 g/mol. The van der Waals surface area contributed by atoms with Crippen molar-refractivity contribution in [3.63, 3.8) is 0 Å². The summed E-state index contributed by atoms with van der Waals surface area (Å²) in [6.07, 6.45) is 0.601. The first-order valence-electron chi connectivity index (χ1n) is 4.03. The van der Waals surface area contributed by atoms with Crippen molar-refractivity contribution in [3.8, 4) is 0 Å². The Balaban J connectivity index is 3.95. The van der Waals surface area contributed by atoms with Gasteiger partial charge in [-0.1, -0.05) is 19.1 Å². The fraction of sp³-hybridized carbons (Fsp3) is 0.778. The summed E-state index contributed by atoms with van der Waals surface area (Å²) in [6.45, 7) is 7.38. The van der Waals surface area contributed by atoms with E-state index in [-0.39, 0.29) is 11.9 Å². The quantitative estimate of drug-likeness (QED) is 0.502. The Morgan fingerprint density at radius 1 is 1.58 bits per heavy atom. The van der Waals surface area contributed by atoms with E-state index in [0.717, 1.165) is 0 Å². The fourth-order valence-electron chi connectivity index (χ4n) is 0.643. The summed E-state index contributed by atoms with van der Waals surface area (Å²) >= 11 is 4.66. The number of thiocarbonyl (C=S) groups is 1. The Hall–Kier alpha value is -0.440. The minimum absolute atomic E-state index is 0.123. The highest BCUT2D eigenvalue weighted by Gasteiger charge is 2.20. The Labute approximate surface area is 79.3 Å². The van der Waals surface area contributed by atoms with Crippen LogP contribution in [0.3, 0.4) is 0 Å². The van der Waals surface area contributed by atoms with E-state index in [0.29, 0.717) is 6.42 Å². The molecule has 0 heterocycles. The monoisotopic (exact) mass is 188 g/mol. The lowest BCUT2D eigenvalue weighted by Crippen LogP contribution is -2.27. The van der Waals surface area contributed by atoms with Gasteiger partial charge < -0.3 is 4.74 Å². The maximum atomic E-state index is 11.3. The Morgan fingerprint density at radius 3 is 2.42 bits per heavy atom. The first-order valence-corrected chi connectivity index (χ1v) is 4.50. The van der Waals surface area contributed by atoms with E-state index in [9.17, 15) is 4.79 Å². The lowest BCUT2D eigenvalue weighted by atomic mass is 10.1. The van der Waals surface area contributed by atoms with Crippen molar-refractivity contribution in [2.75, 3.05) is 0 Å². The summed E-state index contributed by atoms with van der Waals surface area (Å²) in [4.78, 5) is 11.3. The van der Waals surface area contributed by atoms with Gasteiger partial charge in [-0.3, -0.25) is 4.79 Å². The third-order valence-corrected chi connectivity index (χ3v) is 1.45. The van der Waals surface area contributed by atoms with Crippen LogP contribution < -0.4 is 0 Å². The van der Waals surface area contributed by atoms with Crippen molar-refractivity contribution in [3.05, 3.63) is 0 Å². The molecule has 0 aromatic carbocycles. The van der Waals surface area contributed by atoms with Crippen LogP contribution in [0.2, 0.25) is 0 Å². The third kappa shape index (κ3) is 5.24. The number of carbonyl (C=O) groups is 1. The molecule has 0 bridgehead atoms. The molecule has 0 aromatic rings. The van der Waals surface area contributed by atoms with Gasteiger partial charge in [-0.15, -0.1) is 0 Å². The molecule has 0 amide bonds. The van der Waals surface area contributed by atoms with Gasteiger partial charge in [-0.25, -0.2) is 0 Å². The van der Waals surface area contributed by atoms with Gasteiger partial charge in [0.05, 0.1) is 5.92 Å². The van der Waals surface area contributed by atoms with Gasteiger partial charge >= 0.3 is 5.97 Å². The van der Waals surface area contributed by atoms with Crippen LogP contribution in [-0.4, -0.2) is 16.9 Å². The van der Waals surface area contributed by atoms with Crippen LogP contribution in [0.1, 0.15) is 34.1 Å². The highest BCUT2D eigenvalue weighted by Crippen LogP contribution is 2.12. The molecule has 0 rings (SSSR count). The van der Waals surface area contributed by atoms with E-state index < -0.39 is 5.60 Å². The van der Waals surface area contributed by atoms with E-state index >= 15 is 0 Å². The van der Waals surface area contributed by atoms with Crippen LogP contribution in [0.5, 0.6) is 0 Å².